The van der Waals surface area contributed by atoms with Crippen molar-refractivity contribution in [2.75, 3.05) is 33.4 Å². The Hall–Kier alpha value is -0.650. The van der Waals surface area contributed by atoms with Crippen molar-refractivity contribution in [3.05, 3.63) is 0 Å². The number of hydrogen-bond acceptors (Lipinski definition) is 5. The van der Waals surface area contributed by atoms with Crippen LogP contribution in [0.4, 0.5) is 0 Å². The van der Waals surface area contributed by atoms with Crippen LogP contribution >= 0.6 is 0 Å². The fourth-order valence-corrected chi connectivity index (χ4v) is 3.61. The van der Waals surface area contributed by atoms with E-state index in [1.54, 1.807) is 0 Å². The lowest BCUT2D eigenvalue weighted by Gasteiger charge is -2.13. The highest BCUT2D eigenvalue weighted by molar-refractivity contribution is 5.69. The first-order valence-electron chi connectivity index (χ1n) is 11.8. The predicted molar refractivity (Wildman–Crippen MR) is 116 cm³/mol. The van der Waals surface area contributed by atoms with Crippen LogP contribution in [0.1, 0.15) is 103 Å². The molecule has 0 radical (unpaired) electrons. The van der Waals surface area contributed by atoms with Crippen molar-refractivity contribution in [2.24, 2.45) is 5.92 Å². The van der Waals surface area contributed by atoms with Gasteiger partial charge in [0.25, 0.3) is 0 Å². The molecule has 0 unspecified atom stereocenters. The smallest absolute Gasteiger partial charge is 0.305 e. The van der Waals surface area contributed by atoms with E-state index in [2.05, 4.69) is 5.32 Å². The molecule has 0 aliphatic rings. The molecule has 0 spiro atoms. The molecule has 0 aromatic rings. The summed E-state index contributed by atoms with van der Waals surface area (Å²) >= 11 is 0. The van der Waals surface area contributed by atoms with E-state index in [1.165, 1.54) is 64.2 Å². The van der Waals surface area contributed by atoms with Gasteiger partial charge < -0.3 is 20.3 Å². The highest BCUT2D eigenvalue weighted by Crippen LogP contribution is 2.18. The Morgan fingerprint density at radius 2 is 1.21 bits per heavy atom. The minimum absolute atomic E-state index is 0.0624. The Morgan fingerprint density at radius 3 is 1.68 bits per heavy atom. The molecule has 0 aliphatic carbocycles. The predicted octanol–water partition coefficient (Wildman–Crippen LogP) is 4.59. The van der Waals surface area contributed by atoms with Crippen molar-refractivity contribution in [2.45, 2.75) is 103 Å². The largest absolute Gasteiger partial charge is 0.464 e. The second-order valence-corrected chi connectivity index (χ2v) is 8.00. The maximum Gasteiger partial charge on any atom is 0.305 e. The number of esters is 1. The van der Waals surface area contributed by atoms with Gasteiger partial charge in [0, 0.05) is 26.2 Å². The minimum atomic E-state index is -0.0624. The zero-order valence-electron chi connectivity index (χ0n) is 18.4. The topological polar surface area (TPSA) is 78.8 Å². The molecular formula is C23H47NO4. The Balaban J connectivity index is 3.22. The van der Waals surface area contributed by atoms with Crippen molar-refractivity contribution >= 4 is 5.97 Å². The first-order chi connectivity index (χ1) is 13.7. The standard InChI is InChI=1S/C23H47NO4/c1-24-18-21-28-23(27)15-13-11-9-7-5-3-2-4-6-8-10-12-14-22(16-19-25)17-20-26/h22,24-26H,2-21H2,1H3. The molecule has 0 saturated carbocycles. The molecule has 168 valence electrons. The molecule has 0 amide bonds. The maximum atomic E-state index is 11.4. The molecule has 0 heterocycles. The summed E-state index contributed by atoms with van der Waals surface area (Å²) in [6, 6.07) is 0. The number of carbonyl (C=O) groups excluding carboxylic acids is 1. The number of hydrogen-bond donors (Lipinski definition) is 3. The van der Waals surface area contributed by atoms with Gasteiger partial charge in [-0.1, -0.05) is 77.0 Å². The monoisotopic (exact) mass is 401 g/mol. The highest BCUT2D eigenvalue weighted by atomic mass is 16.5. The fourth-order valence-electron chi connectivity index (χ4n) is 3.61. The van der Waals surface area contributed by atoms with Gasteiger partial charge in [-0.3, -0.25) is 4.79 Å². The molecule has 0 aromatic carbocycles. The first-order valence-corrected chi connectivity index (χ1v) is 11.8. The van der Waals surface area contributed by atoms with Crippen LogP contribution in [-0.4, -0.2) is 49.6 Å². The zero-order chi connectivity index (χ0) is 20.7. The van der Waals surface area contributed by atoms with Crippen LogP contribution in [0.2, 0.25) is 0 Å². The first kappa shape index (κ1) is 27.4. The number of ether oxygens (including phenoxy) is 1. The summed E-state index contributed by atoms with van der Waals surface area (Å²) in [7, 11) is 1.85. The molecule has 5 nitrogen and oxygen atoms in total. The van der Waals surface area contributed by atoms with E-state index in [0.29, 0.717) is 18.9 Å². The van der Waals surface area contributed by atoms with Crippen molar-refractivity contribution in [3.63, 3.8) is 0 Å². The molecule has 3 N–H and O–H groups in total. The van der Waals surface area contributed by atoms with Crippen molar-refractivity contribution in [1.82, 2.24) is 5.32 Å². The minimum Gasteiger partial charge on any atom is -0.464 e. The molecule has 0 atom stereocenters. The Morgan fingerprint density at radius 1 is 0.750 bits per heavy atom. The number of rotatable bonds is 22. The van der Waals surface area contributed by atoms with Crippen molar-refractivity contribution < 1.29 is 19.7 Å². The van der Waals surface area contributed by atoms with Gasteiger partial charge in [-0.05, 0) is 32.2 Å². The number of aliphatic hydroxyl groups is 2. The van der Waals surface area contributed by atoms with Crippen LogP contribution < -0.4 is 5.32 Å². The van der Waals surface area contributed by atoms with Crippen LogP contribution in [0, 0.1) is 5.92 Å². The number of likely N-dealkylation sites (N-methyl/N-ethyl adjacent to an activating group) is 1. The summed E-state index contributed by atoms with van der Waals surface area (Å²) in [5.41, 5.74) is 0. The molecule has 0 bridgehead atoms. The molecule has 0 aromatic heterocycles. The van der Waals surface area contributed by atoms with E-state index >= 15 is 0 Å². The SMILES string of the molecule is CNCCOC(=O)CCCCCCCCCCCCCCC(CCO)CCO. The van der Waals surface area contributed by atoms with Gasteiger partial charge in [0.1, 0.15) is 6.61 Å². The van der Waals surface area contributed by atoms with Gasteiger partial charge in [0.05, 0.1) is 0 Å². The van der Waals surface area contributed by atoms with E-state index in [9.17, 15) is 4.79 Å². The van der Waals surface area contributed by atoms with Crippen LogP contribution in [0.15, 0.2) is 0 Å². The molecule has 0 fully saturated rings. The Labute approximate surface area is 173 Å². The third kappa shape index (κ3) is 20.1. The van der Waals surface area contributed by atoms with Crippen molar-refractivity contribution in [3.8, 4) is 0 Å². The molecular weight excluding hydrogens is 354 g/mol. The molecule has 0 aliphatic heterocycles. The third-order valence-electron chi connectivity index (χ3n) is 5.43. The van der Waals surface area contributed by atoms with E-state index in [0.717, 1.165) is 38.6 Å². The average Bonchev–Trinajstić information content (AvgIpc) is 2.68. The second kappa shape index (κ2) is 22.6. The van der Waals surface area contributed by atoms with Crippen LogP contribution in [0.3, 0.4) is 0 Å². The van der Waals surface area contributed by atoms with E-state index in [1.807, 2.05) is 7.05 Å². The molecule has 28 heavy (non-hydrogen) atoms. The summed E-state index contributed by atoms with van der Waals surface area (Å²) < 4.78 is 5.10. The number of nitrogens with one attached hydrogen (secondary N) is 1. The number of aliphatic hydroxyl groups excluding tert-OH is 2. The summed E-state index contributed by atoms with van der Waals surface area (Å²) in [4.78, 5) is 11.4. The van der Waals surface area contributed by atoms with Crippen LogP contribution in [0.5, 0.6) is 0 Å². The lowest BCUT2D eigenvalue weighted by molar-refractivity contribution is -0.143. The molecule has 5 heteroatoms. The normalized spacial score (nSPS) is 11.3. The summed E-state index contributed by atoms with van der Waals surface area (Å²) in [6.45, 7) is 1.69. The molecule has 0 saturated heterocycles. The van der Waals surface area contributed by atoms with E-state index < -0.39 is 0 Å². The Bertz CT molecular complexity index is 320. The van der Waals surface area contributed by atoms with Gasteiger partial charge in [-0.15, -0.1) is 0 Å². The highest BCUT2D eigenvalue weighted by Gasteiger charge is 2.07. The lowest BCUT2D eigenvalue weighted by Crippen LogP contribution is -2.17. The summed E-state index contributed by atoms with van der Waals surface area (Å²) in [5.74, 6) is 0.437. The zero-order valence-corrected chi connectivity index (χ0v) is 18.4. The summed E-state index contributed by atoms with van der Waals surface area (Å²) in [6.07, 6.45) is 18.5. The summed E-state index contributed by atoms with van der Waals surface area (Å²) in [5, 5.41) is 21.0. The fraction of sp³-hybridized carbons (Fsp3) is 0.957. The van der Waals surface area contributed by atoms with Crippen LogP contribution in [0.25, 0.3) is 0 Å². The van der Waals surface area contributed by atoms with Gasteiger partial charge in [-0.2, -0.15) is 0 Å². The van der Waals surface area contributed by atoms with E-state index in [4.69, 9.17) is 14.9 Å². The molecule has 0 rings (SSSR count). The quantitative estimate of drug-likeness (QED) is 0.183. The second-order valence-electron chi connectivity index (χ2n) is 8.00. The van der Waals surface area contributed by atoms with Gasteiger partial charge in [0.2, 0.25) is 0 Å². The lowest BCUT2D eigenvalue weighted by atomic mass is 9.94. The van der Waals surface area contributed by atoms with E-state index in [-0.39, 0.29) is 19.2 Å². The van der Waals surface area contributed by atoms with Gasteiger partial charge >= 0.3 is 5.97 Å². The van der Waals surface area contributed by atoms with Gasteiger partial charge in [0.15, 0.2) is 0 Å². The van der Waals surface area contributed by atoms with Gasteiger partial charge in [-0.25, -0.2) is 0 Å². The Kier molecular flexibility index (Phi) is 22.1. The maximum absolute atomic E-state index is 11.4. The number of carbonyl (C=O) groups is 1. The average molecular weight is 402 g/mol. The number of unbranched alkanes of at least 4 members (excludes halogenated alkanes) is 11. The van der Waals surface area contributed by atoms with Crippen molar-refractivity contribution in [1.29, 1.82) is 0 Å². The third-order valence-corrected chi connectivity index (χ3v) is 5.43. The van der Waals surface area contributed by atoms with Crippen LogP contribution in [-0.2, 0) is 9.53 Å².